The van der Waals surface area contributed by atoms with Crippen LogP contribution in [0.25, 0.3) is 0 Å². The third-order valence-electron chi connectivity index (χ3n) is 2.32. The Hall–Kier alpha value is -0.540. The molecule has 0 aromatic heterocycles. The summed E-state index contributed by atoms with van der Waals surface area (Å²) in [5.41, 5.74) is 7.21. The van der Waals surface area contributed by atoms with Gasteiger partial charge in [0.05, 0.1) is 7.11 Å². The molecule has 0 saturated carbocycles. The van der Waals surface area contributed by atoms with Crippen LogP contribution in [0.2, 0.25) is 0 Å². The van der Waals surface area contributed by atoms with E-state index in [1.165, 1.54) is 0 Å². The maximum absolute atomic E-state index is 6.14. The summed E-state index contributed by atoms with van der Waals surface area (Å²) in [6.45, 7) is 4.34. The number of hydrogen-bond acceptors (Lipinski definition) is 2. The van der Waals surface area contributed by atoms with Gasteiger partial charge in [0.15, 0.2) is 0 Å². The summed E-state index contributed by atoms with van der Waals surface area (Å²) >= 11 is 3.45. The zero-order valence-corrected chi connectivity index (χ0v) is 11.0. The number of methoxy groups -OCH3 is 1. The van der Waals surface area contributed by atoms with E-state index in [9.17, 15) is 0 Å². The average Bonchev–Trinajstić information content (AvgIpc) is 2.16. The van der Waals surface area contributed by atoms with Gasteiger partial charge in [-0.25, -0.2) is 0 Å². The molecule has 0 bridgehead atoms. The quantitative estimate of drug-likeness (QED) is 0.910. The zero-order valence-electron chi connectivity index (χ0n) is 9.46. The summed E-state index contributed by atoms with van der Waals surface area (Å²) in [6, 6.07) is 5.98. The highest BCUT2D eigenvalue weighted by molar-refractivity contribution is 9.10. The minimum atomic E-state index is 0.0393. The molecule has 0 fully saturated rings. The number of hydrogen-bond donors (Lipinski definition) is 1. The molecular formula is C12H18BrNO. The van der Waals surface area contributed by atoms with Gasteiger partial charge in [-0.2, -0.15) is 0 Å². The van der Waals surface area contributed by atoms with E-state index in [1.54, 1.807) is 7.11 Å². The first-order chi connectivity index (χ1) is 7.04. The first-order valence-electron chi connectivity index (χ1n) is 5.13. The molecule has 0 aliphatic carbocycles. The van der Waals surface area contributed by atoms with Crippen molar-refractivity contribution in [1.82, 2.24) is 0 Å². The molecule has 1 rings (SSSR count). The summed E-state index contributed by atoms with van der Waals surface area (Å²) < 4.78 is 6.34. The summed E-state index contributed by atoms with van der Waals surface area (Å²) in [5, 5.41) is 0. The Morgan fingerprint density at radius 3 is 2.60 bits per heavy atom. The van der Waals surface area contributed by atoms with E-state index in [4.69, 9.17) is 10.5 Å². The lowest BCUT2D eigenvalue weighted by Gasteiger charge is -2.17. The van der Waals surface area contributed by atoms with E-state index in [1.807, 2.05) is 18.2 Å². The molecule has 0 heterocycles. The van der Waals surface area contributed by atoms with Gasteiger partial charge < -0.3 is 10.5 Å². The Morgan fingerprint density at radius 2 is 2.07 bits per heavy atom. The monoisotopic (exact) mass is 271 g/mol. The fourth-order valence-electron chi connectivity index (χ4n) is 1.63. The standard InChI is InChI=1S/C12H18BrNO/c1-8(2)6-11(14)10-7-9(13)4-5-12(10)15-3/h4-5,7-8,11H,6,14H2,1-3H3/t11-/m1/s1. The molecule has 84 valence electrons. The average molecular weight is 272 g/mol. The van der Waals surface area contributed by atoms with Crippen molar-refractivity contribution in [3.63, 3.8) is 0 Å². The molecule has 0 aliphatic rings. The van der Waals surface area contributed by atoms with Gasteiger partial charge in [0.1, 0.15) is 5.75 Å². The SMILES string of the molecule is COc1ccc(Br)cc1[C@H](N)CC(C)C. The van der Waals surface area contributed by atoms with Crippen molar-refractivity contribution in [3.8, 4) is 5.75 Å². The van der Waals surface area contributed by atoms with Crippen LogP contribution in [0.5, 0.6) is 5.75 Å². The van der Waals surface area contributed by atoms with Crippen LogP contribution >= 0.6 is 15.9 Å². The van der Waals surface area contributed by atoms with E-state index in [0.29, 0.717) is 5.92 Å². The Bertz CT molecular complexity index is 325. The topological polar surface area (TPSA) is 35.2 Å². The second-order valence-corrected chi connectivity index (χ2v) is 5.04. The van der Waals surface area contributed by atoms with E-state index in [2.05, 4.69) is 29.8 Å². The van der Waals surface area contributed by atoms with Crippen LogP contribution in [0, 0.1) is 5.92 Å². The number of halogens is 1. The highest BCUT2D eigenvalue weighted by Crippen LogP contribution is 2.30. The second-order valence-electron chi connectivity index (χ2n) is 4.12. The summed E-state index contributed by atoms with van der Waals surface area (Å²) in [5.74, 6) is 1.45. The predicted octanol–water partition coefficient (Wildman–Crippen LogP) is 3.50. The van der Waals surface area contributed by atoms with Crippen LogP contribution in [-0.4, -0.2) is 7.11 Å². The van der Waals surface area contributed by atoms with Gasteiger partial charge in [-0.15, -0.1) is 0 Å². The van der Waals surface area contributed by atoms with E-state index in [0.717, 1.165) is 22.2 Å². The number of benzene rings is 1. The summed E-state index contributed by atoms with van der Waals surface area (Å²) in [6.07, 6.45) is 0.965. The van der Waals surface area contributed by atoms with Gasteiger partial charge in [-0.1, -0.05) is 29.8 Å². The smallest absolute Gasteiger partial charge is 0.123 e. The summed E-state index contributed by atoms with van der Waals surface area (Å²) in [4.78, 5) is 0. The van der Waals surface area contributed by atoms with Gasteiger partial charge in [-0.05, 0) is 30.5 Å². The molecule has 0 unspecified atom stereocenters. The normalized spacial score (nSPS) is 12.9. The first kappa shape index (κ1) is 12.5. The maximum Gasteiger partial charge on any atom is 0.123 e. The van der Waals surface area contributed by atoms with E-state index in [-0.39, 0.29) is 6.04 Å². The van der Waals surface area contributed by atoms with Crippen LogP contribution in [0.1, 0.15) is 31.9 Å². The second kappa shape index (κ2) is 5.52. The van der Waals surface area contributed by atoms with E-state index >= 15 is 0 Å². The molecule has 0 amide bonds. The Balaban J connectivity index is 2.94. The van der Waals surface area contributed by atoms with Crippen molar-refractivity contribution in [2.75, 3.05) is 7.11 Å². The van der Waals surface area contributed by atoms with Crippen molar-refractivity contribution in [2.45, 2.75) is 26.3 Å². The minimum Gasteiger partial charge on any atom is -0.496 e. The number of rotatable bonds is 4. The van der Waals surface area contributed by atoms with Crippen molar-refractivity contribution in [2.24, 2.45) is 11.7 Å². The Morgan fingerprint density at radius 1 is 1.40 bits per heavy atom. The fourth-order valence-corrected chi connectivity index (χ4v) is 2.01. The highest BCUT2D eigenvalue weighted by atomic mass is 79.9. The first-order valence-corrected chi connectivity index (χ1v) is 5.93. The molecular weight excluding hydrogens is 254 g/mol. The molecule has 2 N–H and O–H groups in total. The lowest BCUT2D eigenvalue weighted by atomic mass is 9.97. The molecule has 0 aliphatic heterocycles. The zero-order chi connectivity index (χ0) is 11.4. The fraction of sp³-hybridized carbons (Fsp3) is 0.500. The molecule has 1 aromatic rings. The molecule has 0 saturated heterocycles. The molecule has 2 nitrogen and oxygen atoms in total. The van der Waals surface area contributed by atoms with Crippen LogP contribution in [0.4, 0.5) is 0 Å². The highest BCUT2D eigenvalue weighted by Gasteiger charge is 2.13. The minimum absolute atomic E-state index is 0.0393. The maximum atomic E-state index is 6.14. The van der Waals surface area contributed by atoms with Gasteiger partial charge in [0, 0.05) is 16.1 Å². The van der Waals surface area contributed by atoms with Crippen molar-refractivity contribution < 1.29 is 4.74 Å². The van der Waals surface area contributed by atoms with Crippen molar-refractivity contribution >= 4 is 15.9 Å². The Kier molecular flexibility index (Phi) is 4.61. The molecule has 1 aromatic carbocycles. The van der Waals surface area contributed by atoms with Crippen LogP contribution in [0.3, 0.4) is 0 Å². The van der Waals surface area contributed by atoms with Crippen molar-refractivity contribution in [3.05, 3.63) is 28.2 Å². The third kappa shape index (κ3) is 3.50. The predicted molar refractivity (Wildman–Crippen MR) is 67.1 cm³/mol. The summed E-state index contributed by atoms with van der Waals surface area (Å²) in [7, 11) is 1.68. The molecule has 1 atom stereocenters. The molecule has 15 heavy (non-hydrogen) atoms. The lowest BCUT2D eigenvalue weighted by molar-refractivity contribution is 0.399. The number of ether oxygens (including phenoxy) is 1. The number of nitrogens with two attached hydrogens (primary N) is 1. The van der Waals surface area contributed by atoms with Gasteiger partial charge in [-0.3, -0.25) is 0 Å². The lowest BCUT2D eigenvalue weighted by Crippen LogP contribution is -2.14. The molecule has 0 radical (unpaired) electrons. The Labute approximate surface area is 99.9 Å². The van der Waals surface area contributed by atoms with Gasteiger partial charge in [0.2, 0.25) is 0 Å². The van der Waals surface area contributed by atoms with Crippen LogP contribution in [0.15, 0.2) is 22.7 Å². The largest absolute Gasteiger partial charge is 0.496 e. The van der Waals surface area contributed by atoms with E-state index < -0.39 is 0 Å². The van der Waals surface area contributed by atoms with Gasteiger partial charge in [0.25, 0.3) is 0 Å². The van der Waals surface area contributed by atoms with Gasteiger partial charge >= 0.3 is 0 Å². The third-order valence-corrected chi connectivity index (χ3v) is 2.81. The van der Waals surface area contributed by atoms with Crippen LogP contribution < -0.4 is 10.5 Å². The molecule has 0 spiro atoms. The molecule has 3 heteroatoms. The van der Waals surface area contributed by atoms with Crippen molar-refractivity contribution in [1.29, 1.82) is 0 Å². The van der Waals surface area contributed by atoms with Crippen LogP contribution in [-0.2, 0) is 0 Å².